The van der Waals surface area contributed by atoms with Crippen molar-refractivity contribution in [1.29, 1.82) is 0 Å². The van der Waals surface area contributed by atoms with Gasteiger partial charge in [0.25, 0.3) is 5.91 Å². The number of hydrogen-bond acceptors (Lipinski definition) is 5. The maximum atomic E-state index is 13.1. The molecule has 0 aromatic heterocycles. The maximum Gasteiger partial charge on any atom is 0.329 e. The second kappa shape index (κ2) is 7.12. The van der Waals surface area contributed by atoms with Gasteiger partial charge in [0.1, 0.15) is 6.04 Å². The molecule has 0 saturated carbocycles. The van der Waals surface area contributed by atoms with Crippen molar-refractivity contribution >= 4 is 50.8 Å². The van der Waals surface area contributed by atoms with Crippen LogP contribution < -0.4 is 10.0 Å². The first kappa shape index (κ1) is 19.6. The third-order valence-electron chi connectivity index (χ3n) is 4.22. The lowest BCUT2D eigenvalue weighted by Gasteiger charge is -2.24. The Morgan fingerprint density at radius 3 is 2.44 bits per heavy atom. The lowest BCUT2D eigenvalue weighted by molar-refractivity contribution is -0.141. The van der Waals surface area contributed by atoms with Crippen LogP contribution in [0.4, 0.5) is 5.69 Å². The van der Waals surface area contributed by atoms with Crippen molar-refractivity contribution in [2.75, 3.05) is 12.0 Å². The number of primary sulfonamides is 1. The molecule has 27 heavy (non-hydrogen) atoms. The van der Waals surface area contributed by atoms with E-state index in [0.29, 0.717) is 11.3 Å². The number of nitrogens with zero attached hydrogens (tertiary/aromatic N) is 1. The molecular weight excluding hydrogens is 415 g/mol. The topological polar surface area (TPSA) is 107 Å². The van der Waals surface area contributed by atoms with Crippen LogP contribution in [0.25, 0.3) is 0 Å². The highest BCUT2D eigenvalue weighted by Gasteiger charge is 2.40. The lowest BCUT2D eigenvalue weighted by atomic mass is 10.1. The molecule has 0 aliphatic carbocycles. The van der Waals surface area contributed by atoms with Gasteiger partial charge in [-0.05, 0) is 42.0 Å². The number of ether oxygens (including phenoxy) is 1. The van der Waals surface area contributed by atoms with Crippen LogP contribution in [0.2, 0.25) is 10.0 Å². The molecule has 1 unspecified atom stereocenters. The fourth-order valence-corrected chi connectivity index (χ4v) is 3.81. The van der Waals surface area contributed by atoms with Crippen molar-refractivity contribution < 1.29 is 22.7 Å². The first-order valence-corrected chi connectivity index (χ1v) is 9.96. The molecule has 3 rings (SSSR count). The van der Waals surface area contributed by atoms with E-state index in [1.54, 1.807) is 0 Å². The quantitative estimate of drug-likeness (QED) is 0.755. The normalized spacial score (nSPS) is 16.1. The van der Waals surface area contributed by atoms with Gasteiger partial charge in [-0.25, -0.2) is 18.4 Å². The number of nitrogens with two attached hydrogens (primary N) is 1. The largest absolute Gasteiger partial charge is 0.467 e. The van der Waals surface area contributed by atoms with Crippen molar-refractivity contribution in [1.82, 2.24) is 0 Å². The highest BCUT2D eigenvalue weighted by atomic mass is 35.5. The van der Waals surface area contributed by atoms with Crippen LogP contribution in [0, 0.1) is 0 Å². The Morgan fingerprint density at radius 2 is 1.85 bits per heavy atom. The van der Waals surface area contributed by atoms with Gasteiger partial charge in [-0.3, -0.25) is 9.69 Å². The van der Waals surface area contributed by atoms with Crippen molar-refractivity contribution in [3.8, 4) is 0 Å². The lowest BCUT2D eigenvalue weighted by Crippen LogP contribution is -2.43. The maximum absolute atomic E-state index is 13.1. The Balaban J connectivity index is 2.10. The van der Waals surface area contributed by atoms with Crippen molar-refractivity contribution in [3.05, 3.63) is 57.6 Å². The third-order valence-corrected chi connectivity index (χ3v) is 5.87. The van der Waals surface area contributed by atoms with Crippen LogP contribution in [0.5, 0.6) is 0 Å². The van der Waals surface area contributed by atoms with E-state index in [-0.39, 0.29) is 26.9 Å². The average molecular weight is 429 g/mol. The van der Waals surface area contributed by atoms with Gasteiger partial charge >= 0.3 is 5.97 Å². The molecular formula is C17H14Cl2N2O5S. The Labute approximate surface area is 165 Å². The van der Waals surface area contributed by atoms with Gasteiger partial charge in [0, 0.05) is 17.7 Å². The molecule has 2 aromatic rings. The average Bonchev–Trinajstić information content (AvgIpc) is 3.00. The molecule has 1 aliphatic rings. The SMILES string of the molecule is COC(=O)C1Cc2cc(S(N)(=O)=O)ccc2N1C(=O)c1ccc(Cl)c(Cl)c1. The van der Waals surface area contributed by atoms with Gasteiger partial charge in [-0.2, -0.15) is 0 Å². The Morgan fingerprint density at radius 1 is 1.15 bits per heavy atom. The molecule has 2 aromatic carbocycles. The van der Waals surface area contributed by atoms with Crippen LogP contribution in [0.1, 0.15) is 15.9 Å². The first-order chi connectivity index (χ1) is 12.6. The molecule has 0 spiro atoms. The van der Waals surface area contributed by atoms with Gasteiger partial charge < -0.3 is 4.74 Å². The number of hydrogen-bond donors (Lipinski definition) is 1. The molecule has 1 aliphatic heterocycles. The smallest absolute Gasteiger partial charge is 0.329 e. The van der Waals surface area contributed by atoms with Crippen molar-refractivity contribution in [3.63, 3.8) is 0 Å². The van der Waals surface area contributed by atoms with E-state index in [1.807, 2.05) is 0 Å². The number of carbonyl (C=O) groups is 2. The zero-order valence-electron chi connectivity index (χ0n) is 14.0. The Hall–Kier alpha value is -2.13. The van der Waals surface area contributed by atoms with E-state index >= 15 is 0 Å². The minimum absolute atomic E-state index is 0.0957. The van der Waals surface area contributed by atoms with Crippen LogP contribution >= 0.6 is 23.2 Å². The predicted octanol–water partition coefficient (Wildman–Crippen LogP) is 2.39. The van der Waals surface area contributed by atoms with Gasteiger partial charge in [-0.15, -0.1) is 0 Å². The number of amides is 1. The fraction of sp³-hybridized carbons (Fsp3) is 0.176. The van der Waals surface area contributed by atoms with Crippen LogP contribution in [0.3, 0.4) is 0 Å². The summed E-state index contributed by atoms with van der Waals surface area (Å²) in [7, 11) is -2.71. The number of rotatable bonds is 3. The molecule has 1 atom stereocenters. The minimum atomic E-state index is -3.92. The molecule has 7 nitrogen and oxygen atoms in total. The van der Waals surface area contributed by atoms with Gasteiger partial charge in [0.05, 0.1) is 22.1 Å². The molecule has 0 saturated heterocycles. The summed E-state index contributed by atoms with van der Waals surface area (Å²) in [6.07, 6.45) is 0.0957. The summed E-state index contributed by atoms with van der Waals surface area (Å²) >= 11 is 11.9. The van der Waals surface area contributed by atoms with E-state index in [2.05, 4.69) is 0 Å². The predicted molar refractivity (Wildman–Crippen MR) is 101 cm³/mol. The van der Waals surface area contributed by atoms with E-state index in [0.717, 1.165) is 0 Å². The zero-order chi connectivity index (χ0) is 19.9. The standard InChI is InChI=1S/C17H14Cl2N2O5S/c1-26-17(23)15-8-10-6-11(27(20,24)25)3-5-14(10)21(15)16(22)9-2-4-12(18)13(19)7-9/h2-7,15H,8H2,1H3,(H2,20,24,25). The van der Waals surface area contributed by atoms with E-state index in [4.69, 9.17) is 33.1 Å². The second-order valence-corrected chi connectivity index (χ2v) is 8.26. The fourth-order valence-electron chi connectivity index (χ4n) is 2.95. The molecule has 0 radical (unpaired) electrons. The molecule has 142 valence electrons. The number of benzene rings is 2. The van der Waals surface area contributed by atoms with Gasteiger partial charge in [0.2, 0.25) is 10.0 Å². The summed E-state index contributed by atoms with van der Waals surface area (Å²) in [5.41, 5.74) is 1.11. The molecule has 1 amide bonds. The summed E-state index contributed by atoms with van der Waals surface area (Å²) in [4.78, 5) is 26.4. The van der Waals surface area contributed by atoms with Crippen LogP contribution in [-0.2, 0) is 26.0 Å². The zero-order valence-corrected chi connectivity index (χ0v) is 16.3. The number of anilines is 1. The summed E-state index contributed by atoms with van der Waals surface area (Å²) in [6.45, 7) is 0. The van der Waals surface area contributed by atoms with E-state index in [9.17, 15) is 18.0 Å². The third kappa shape index (κ3) is 3.66. The number of sulfonamides is 1. The highest BCUT2D eigenvalue weighted by molar-refractivity contribution is 7.89. The van der Waals surface area contributed by atoms with Crippen LogP contribution in [0.15, 0.2) is 41.3 Å². The monoisotopic (exact) mass is 428 g/mol. The summed E-state index contributed by atoms with van der Waals surface area (Å²) in [5.74, 6) is -1.12. The van der Waals surface area contributed by atoms with Crippen LogP contribution in [-0.4, -0.2) is 33.4 Å². The van der Waals surface area contributed by atoms with Gasteiger partial charge in [0.15, 0.2) is 0 Å². The molecule has 1 heterocycles. The van der Waals surface area contributed by atoms with Gasteiger partial charge in [-0.1, -0.05) is 23.2 Å². The minimum Gasteiger partial charge on any atom is -0.467 e. The highest BCUT2D eigenvalue weighted by Crippen LogP contribution is 2.36. The van der Waals surface area contributed by atoms with E-state index in [1.165, 1.54) is 48.4 Å². The number of fused-ring (bicyclic) bond motifs is 1. The summed E-state index contributed by atoms with van der Waals surface area (Å²) in [5, 5.41) is 5.65. The summed E-state index contributed by atoms with van der Waals surface area (Å²) in [6, 6.07) is 7.49. The van der Waals surface area contributed by atoms with Crippen molar-refractivity contribution in [2.45, 2.75) is 17.4 Å². The first-order valence-electron chi connectivity index (χ1n) is 7.65. The van der Waals surface area contributed by atoms with E-state index < -0.39 is 27.9 Å². The Kier molecular flexibility index (Phi) is 5.18. The number of esters is 1. The molecule has 10 heteroatoms. The molecule has 0 fully saturated rings. The molecule has 0 bridgehead atoms. The number of halogens is 2. The Bertz CT molecular complexity index is 1060. The number of methoxy groups -OCH3 is 1. The number of carbonyl (C=O) groups excluding carboxylic acids is 2. The second-order valence-electron chi connectivity index (χ2n) is 5.88. The molecule has 2 N–H and O–H groups in total. The summed E-state index contributed by atoms with van der Waals surface area (Å²) < 4.78 is 28.0. The van der Waals surface area contributed by atoms with Crippen molar-refractivity contribution in [2.24, 2.45) is 5.14 Å².